The molecule has 86 valence electrons. The molecule has 0 fully saturated rings. The number of nitrogens with zero attached hydrogens (tertiary/aromatic N) is 2. The molecule has 2 aromatic heterocycles. The molecule has 2 heterocycles. The Morgan fingerprint density at radius 3 is 2.35 bits per heavy atom. The van der Waals surface area contributed by atoms with Crippen LogP contribution in [0.2, 0.25) is 0 Å². The zero-order valence-corrected chi connectivity index (χ0v) is 10.7. The Morgan fingerprint density at radius 1 is 0.882 bits per heavy atom. The maximum absolute atomic E-state index is 4.70. The Balaban J connectivity index is 2.56. The van der Waals surface area contributed by atoms with Crippen molar-refractivity contribution < 1.29 is 0 Å². The van der Waals surface area contributed by atoms with E-state index in [0.717, 1.165) is 11.2 Å². The molecule has 3 aromatic rings. The average molecular weight is 224 g/mol. The number of benzene rings is 1. The molecular weight excluding hydrogens is 208 g/mol. The van der Waals surface area contributed by atoms with Gasteiger partial charge in [0.1, 0.15) is 5.65 Å². The molecule has 2 nitrogen and oxygen atoms in total. The zero-order chi connectivity index (χ0) is 12.2. The quantitative estimate of drug-likeness (QED) is 0.569. The smallest absolute Gasteiger partial charge is 0.138 e. The van der Waals surface area contributed by atoms with E-state index in [1.807, 2.05) is 0 Å². The van der Waals surface area contributed by atoms with E-state index < -0.39 is 0 Å². The minimum absolute atomic E-state index is 1.04. The number of pyridine rings is 1. The third kappa shape index (κ3) is 1.44. The van der Waals surface area contributed by atoms with E-state index in [-0.39, 0.29) is 0 Å². The first-order chi connectivity index (χ1) is 8.06. The number of rotatable bonds is 0. The molecule has 0 spiro atoms. The van der Waals surface area contributed by atoms with E-state index in [9.17, 15) is 0 Å². The van der Waals surface area contributed by atoms with Crippen LogP contribution < -0.4 is 0 Å². The molecule has 0 aliphatic carbocycles. The molecule has 0 unspecified atom stereocenters. The van der Waals surface area contributed by atoms with Crippen molar-refractivity contribution in [3.05, 3.63) is 46.6 Å². The number of imidazole rings is 1. The maximum Gasteiger partial charge on any atom is 0.138 e. The van der Waals surface area contributed by atoms with Crippen LogP contribution >= 0.6 is 0 Å². The van der Waals surface area contributed by atoms with Crippen molar-refractivity contribution in [3.63, 3.8) is 0 Å². The SMILES string of the molecule is Cc1cc(C)n2c(c1)nc1cc(C)c(C)cc12. The minimum atomic E-state index is 1.04. The summed E-state index contributed by atoms with van der Waals surface area (Å²) in [6.45, 7) is 8.54. The highest BCUT2D eigenvalue weighted by molar-refractivity contribution is 5.82. The van der Waals surface area contributed by atoms with E-state index in [4.69, 9.17) is 4.98 Å². The molecule has 0 radical (unpaired) electrons. The molecule has 0 aliphatic heterocycles. The average Bonchev–Trinajstić information content (AvgIpc) is 2.56. The first kappa shape index (κ1) is 10.3. The lowest BCUT2D eigenvalue weighted by Gasteiger charge is -2.04. The van der Waals surface area contributed by atoms with Gasteiger partial charge in [-0.05, 0) is 68.7 Å². The molecule has 0 amide bonds. The van der Waals surface area contributed by atoms with Crippen LogP contribution in [-0.4, -0.2) is 9.38 Å². The fourth-order valence-electron chi connectivity index (χ4n) is 2.46. The largest absolute Gasteiger partial charge is 0.297 e. The summed E-state index contributed by atoms with van der Waals surface area (Å²) in [4.78, 5) is 4.70. The van der Waals surface area contributed by atoms with Gasteiger partial charge in [-0.2, -0.15) is 0 Å². The lowest BCUT2D eigenvalue weighted by atomic mass is 10.1. The second-order valence-electron chi connectivity index (χ2n) is 4.90. The van der Waals surface area contributed by atoms with Crippen molar-refractivity contribution in [1.29, 1.82) is 0 Å². The van der Waals surface area contributed by atoms with Crippen LogP contribution in [0.25, 0.3) is 16.7 Å². The van der Waals surface area contributed by atoms with Crippen LogP contribution in [0.3, 0.4) is 0 Å². The highest BCUT2D eigenvalue weighted by Crippen LogP contribution is 2.22. The molecule has 1 aromatic carbocycles. The standard InChI is InChI=1S/C15H16N2/c1-9-5-12(4)17-14-8-11(3)10(2)7-13(14)16-15(17)6-9/h5-8H,1-4H3. The fourth-order valence-corrected chi connectivity index (χ4v) is 2.46. The van der Waals surface area contributed by atoms with Gasteiger partial charge in [0.05, 0.1) is 11.0 Å². The summed E-state index contributed by atoms with van der Waals surface area (Å²) in [6.07, 6.45) is 0. The highest BCUT2D eigenvalue weighted by Gasteiger charge is 2.08. The molecule has 2 heteroatoms. The Kier molecular flexibility index (Phi) is 2.02. The zero-order valence-electron chi connectivity index (χ0n) is 10.7. The van der Waals surface area contributed by atoms with Gasteiger partial charge in [0.15, 0.2) is 0 Å². The number of hydrogen-bond donors (Lipinski definition) is 0. The van der Waals surface area contributed by atoms with Gasteiger partial charge in [0.2, 0.25) is 0 Å². The second kappa shape index (κ2) is 3.33. The van der Waals surface area contributed by atoms with Crippen molar-refractivity contribution in [3.8, 4) is 0 Å². The molecule has 0 bridgehead atoms. The Morgan fingerprint density at radius 2 is 1.59 bits per heavy atom. The Hall–Kier alpha value is -1.83. The van der Waals surface area contributed by atoms with Crippen molar-refractivity contribution in [1.82, 2.24) is 9.38 Å². The van der Waals surface area contributed by atoms with E-state index in [2.05, 4.69) is 56.4 Å². The number of aromatic nitrogens is 2. The number of hydrogen-bond acceptors (Lipinski definition) is 1. The molecule has 17 heavy (non-hydrogen) atoms. The van der Waals surface area contributed by atoms with Crippen LogP contribution in [0.5, 0.6) is 0 Å². The summed E-state index contributed by atoms with van der Waals surface area (Å²) in [7, 11) is 0. The van der Waals surface area contributed by atoms with E-state index in [0.29, 0.717) is 0 Å². The topological polar surface area (TPSA) is 17.3 Å². The van der Waals surface area contributed by atoms with Gasteiger partial charge in [-0.3, -0.25) is 4.40 Å². The molecule has 0 saturated carbocycles. The number of fused-ring (bicyclic) bond motifs is 3. The van der Waals surface area contributed by atoms with Crippen molar-refractivity contribution >= 4 is 16.7 Å². The van der Waals surface area contributed by atoms with Gasteiger partial charge in [-0.1, -0.05) is 0 Å². The van der Waals surface area contributed by atoms with Crippen molar-refractivity contribution in [2.24, 2.45) is 0 Å². The Labute approximate surface area is 101 Å². The predicted molar refractivity (Wildman–Crippen MR) is 71.6 cm³/mol. The predicted octanol–water partition coefficient (Wildman–Crippen LogP) is 3.72. The molecule has 3 rings (SSSR count). The van der Waals surface area contributed by atoms with E-state index in [1.165, 1.54) is 27.9 Å². The normalized spacial score (nSPS) is 11.5. The summed E-state index contributed by atoms with van der Waals surface area (Å²) < 4.78 is 2.23. The first-order valence-corrected chi connectivity index (χ1v) is 5.93. The number of aryl methyl sites for hydroxylation is 4. The van der Waals surface area contributed by atoms with Crippen LogP contribution in [0.15, 0.2) is 24.3 Å². The lowest BCUT2D eigenvalue weighted by molar-refractivity contribution is 1.11. The third-order valence-electron chi connectivity index (χ3n) is 3.44. The molecule has 0 N–H and O–H groups in total. The van der Waals surface area contributed by atoms with Gasteiger partial charge in [-0.25, -0.2) is 4.98 Å². The van der Waals surface area contributed by atoms with Crippen LogP contribution in [0, 0.1) is 27.7 Å². The third-order valence-corrected chi connectivity index (χ3v) is 3.44. The van der Waals surface area contributed by atoms with Crippen LogP contribution in [0.1, 0.15) is 22.4 Å². The molecule has 0 aliphatic rings. The summed E-state index contributed by atoms with van der Waals surface area (Å²) in [5, 5.41) is 0. The monoisotopic (exact) mass is 224 g/mol. The molecular formula is C15H16N2. The fraction of sp³-hybridized carbons (Fsp3) is 0.267. The Bertz CT molecular complexity index is 736. The minimum Gasteiger partial charge on any atom is -0.297 e. The van der Waals surface area contributed by atoms with Crippen LogP contribution in [-0.2, 0) is 0 Å². The van der Waals surface area contributed by atoms with Gasteiger partial charge in [0, 0.05) is 5.69 Å². The summed E-state index contributed by atoms with van der Waals surface area (Å²) in [5.74, 6) is 0. The maximum atomic E-state index is 4.70. The van der Waals surface area contributed by atoms with Crippen LogP contribution in [0.4, 0.5) is 0 Å². The van der Waals surface area contributed by atoms with Crippen molar-refractivity contribution in [2.45, 2.75) is 27.7 Å². The van der Waals surface area contributed by atoms with Gasteiger partial charge >= 0.3 is 0 Å². The highest BCUT2D eigenvalue weighted by atomic mass is 15.0. The molecule has 0 atom stereocenters. The summed E-state index contributed by atoms with van der Waals surface area (Å²) in [5.41, 5.74) is 8.46. The lowest BCUT2D eigenvalue weighted by Crippen LogP contribution is -1.92. The second-order valence-corrected chi connectivity index (χ2v) is 4.90. The molecule has 0 saturated heterocycles. The van der Waals surface area contributed by atoms with Gasteiger partial charge in [0.25, 0.3) is 0 Å². The van der Waals surface area contributed by atoms with E-state index in [1.54, 1.807) is 0 Å². The summed E-state index contributed by atoms with van der Waals surface area (Å²) >= 11 is 0. The van der Waals surface area contributed by atoms with Gasteiger partial charge in [-0.15, -0.1) is 0 Å². The van der Waals surface area contributed by atoms with Gasteiger partial charge < -0.3 is 0 Å². The van der Waals surface area contributed by atoms with Crippen molar-refractivity contribution in [2.75, 3.05) is 0 Å². The summed E-state index contributed by atoms with van der Waals surface area (Å²) in [6, 6.07) is 8.74. The van der Waals surface area contributed by atoms with E-state index >= 15 is 0 Å². The first-order valence-electron chi connectivity index (χ1n) is 5.93.